The molecule has 0 heterocycles. The number of rotatable bonds is 12. The third kappa shape index (κ3) is 7.50. The van der Waals surface area contributed by atoms with Gasteiger partial charge in [-0.05, 0) is 80.6 Å². The van der Waals surface area contributed by atoms with Crippen LogP contribution in [0.1, 0.15) is 55.7 Å². The number of nitrogens with one attached hydrogen (secondary N) is 1. The van der Waals surface area contributed by atoms with E-state index in [-0.39, 0.29) is 23.4 Å². The van der Waals surface area contributed by atoms with Crippen molar-refractivity contribution in [3.63, 3.8) is 0 Å². The molecule has 0 bridgehead atoms. The molecule has 8 nitrogen and oxygen atoms in total. The Morgan fingerprint density at radius 1 is 0.952 bits per heavy atom. The Morgan fingerprint density at radius 3 is 2.29 bits per heavy atom. The topological polar surface area (TPSA) is 96.0 Å². The van der Waals surface area contributed by atoms with Gasteiger partial charge < -0.3 is 15.0 Å². The maximum atomic E-state index is 14.3. The second-order valence-corrected chi connectivity index (χ2v) is 12.8. The Hall–Kier alpha value is -3.85. The zero-order valence-electron chi connectivity index (χ0n) is 24.9. The van der Waals surface area contributed by atoms with E-state index < -0.39 is 28.5 Å². The van der Waals surface area contributed by atoms with Crippen LogP contribution < -0.4 is 14.4 Å². The van der Waals surface area contributed by atoms with E-state index in [1.807, 2.05) is 51.1 Å². The summed E-state index contributed by atoms with van der Waals surface area (Å²) < 4.78 is 34.6. The normalized spacial score (nSPS) is 14.3. The number of anilines is 1. The molecule has 0 unspecified atom stereocenters. The van der Waals surface area contributed by atoms with E-state index in [9.17, 15) is 18.0 Å². The highest BCUT2D eigenvalue weighted by Gasteiger charge is 2.34. The summed E-state index contributed by atoms with van der Waals surface area (Å²) in [6.45, 7) is 5.29. The first-order valence-electron chi connectivity index (χ1n) is 14.5. The summed E-state index contributed by atoms with van der Waals surface area (Å²) >= 11 is 0. The Bertz CT molecular complexity index is 1480. The van der Waals surface area contributed by atoms with Crippen molar-refractivity contribution in [2.24, 2.45) is 0 Å². The minimum Gasteiger partial charge on any atom is -0.497 e. The summed E-state index contributed by atoms with van der Waals surface area (Å²) in [5.74, 6) is -0.0562. The monoisotopic (exact) mass is 591 g/mol. The van der Waals surface area contributed by atoms with Crippen LogP contribution >= 0.6 is 0 Å². The summed E-state index contributed by atoms with van der Waals surface area (Å²) in [5.41, 5.74) is 2.95. The molecule has 0 radical (unpaired) electrons. The zero-order valence-corrected chi connectivity index (χ0v) is 25.7. The van der Waals surface area contributed by atoms with E-state index in [0.717, 1.165) is 46.7 Å². The van der Waals surface area contributed by atoms with Gasteiger partial charge in [0.2, 0.25) is 11.8 Å². The van der Waals surface area contributed by atoms with Crippen LogP contribution in [0.15, 0.2) is 77.7 Å². The first kappa shape index (κ1) is 31.1. The van der Waals surface area contributed by atoms with Crippen molar-refractivity contribution in [3.8, 4) is 5.75 Å². The number of hydrogen-bond donors (Lipinski definition) is 1. The predicted octanol–water partition coefficient (Wildman–Crippen LogP) is 5.37. The van der Waals surface area contributed by atoms with Crippen molar-refractivity contribution in [2.75, 3.05) is 18.0 Å². The van der Waals surface area contributed by atoms with E-state index in [1.54, 1.807) is 49.6 Å². The zero-order chi connectivity index (χ0) is 30.3. The molecule has 1 fully saturated rings. The highest BCUT2D eigenvalue weighted by molar-refractivity contribution is 7.92. The molecule has 1 aliphatic carbocycles. The minimum atomic E-state index is -4.11. The molecule has 1 aliphatic rings. The van der Waals surface area contributed by atoms with Crippen LogP contribution in [0.2, 0.25) is 0 Å². The summed E-state index contributed by atoms with van der Waals surface area (Å²) in [4.78, 5) is 29.4. The molecule has 2 amide bonds. The number of carbonyl (C=O) groups excluding carboxylic acids is 2. The number of nitrogens with zero attached hydrogens (tertiary/aromatic N) is 2. The molecule has 0 saturated heterocycles. The third-order valence-electron chi connectivity index (χ3n) is 7.75. The van der Waals surface area contributed by atoms with E-state index in [0.29, 0.717) is 17.9 Å². The SMILES string of the molecule is CC[C@@H](C(=O)NC1CCCC1)N(Cc1cccc(OC)c1)C(=O)CN(c1cccc(C)c1)S(=O)(=O)c1ccc(C)cc1. The van der Waals surface area contributed by atoms with Crippen LogP contribution in [0.25, 0.3) is 0 Å². The predicted molar refractivity (Wildman–Crippen MR) is 165 cm³/mol. The second-order valence-electron chi connectivity index (χ2n) is 11.0. The van der Waals surface area contributed by atoms with Gasteiger partial charge >= 0.3 is 0 Å². The smallest absolute Gasteiger partial charge is 0.264 e. The number of amides is 2. The number of hydrogen-bond acceptors (Lipinski definition) is 5. The Kier molecular flexibility index (Phi) is 10.3. The first-order valence-corrected chi connectivity index (χ1v) is 15.9. The van der Waals surface area contributed by atoms with E-state index >= 15 is 0 Å². The number of aryl methyl sites for hydroxylation is 2. The fourth-order valence-corrected chi connectivity index (χ4v) is 6.81. The molecule has 0 spiro atoms. The lowest BCUT2D eigenvalue weighted by Crippen LogP contribution is -2.53. The van der Waals surface area contributed by atoms with Crippen LogP contribution in [0.3, 0.4) is 0 Å². The van der Waals surface area contributed by atoms with Crippen molar-refractivity contribution >= 4 is 27.5 Å². The van der Waals surface area contributed by atoms with Crippen molar-refractivity contribution < 1.29 is 22.7 Å². The van der Waals surface area contributed by atoms with Gasteiger partial charge in [-0.25, -0.2) is 8.42 Å². The third-order valence-corrected chi connectivity index (χ3v) is 9.54. The molecule has 9 heteroatoms. The standard InChI is InChI=1S/C33H41N3O5S/c1-5-31(33(38)34-27-12-6-7-13-27)35(22-26-11-9-15-29(21-26)41-4)32(37)23-36(28-14-8-10-25(3)20-28)42(39,40)30-18-16-24(2)17-19-30/h8-11,14-21,27,31H,5-7,12-13,22-23H2,1-4H3,(H,34,38)/t31-/m0/s1. The fraction of sp³-hybridized carbons (Fsp3) is 0.394. The lowest BCUT2D eigenvalue weighted by atomic mass is 10.1. The number of ether oxygens (including phenoxy) is 1. The number of benzene rings is 3. The minimum absolute atomic E-state index is 0.0889. The summed E-state index contributed by atoms with van der Waals surface area (Å²) in [6.07, 6.45) is 4.35. The second kappa shape index (κ2) is 13.9. The average Bonchev–Trinajstić information content (AvgIpc) is 3.49. The maximum Gasteiger partial charge on any atom is 0.264 e. The molecule has 4 rings (SSSR count). The summed E-state index contributed by atoms with van der Waals surface area (Å²) in [5, 5.41) is 3.14. The van der Waals surface area contributed by atoms with Crippen LogP contribution in [0.5, 0.6) is 5.75 Å². The van der Waals surface area contributed by atoms with Gasteiger partial charge in [0, 0.05) is 12.6 Å². The van der Waals surface area contributed by atoms with E-state index in [2.05, 4.69) is 5.32 Å². The van der Waals surface area contributed by atoms with Crippen molar-refractivity contribution in [1.29, 1.82) is 0 Å². The van der Waals surface area contributed by atoms with Crippen LogP contribution in [-0.2, 0) is 26.2 Å². The number of carbonyl (C=O) groups is 2. The van der Waals surface area contributed by atoms with Crippen molar-refractivity contribution in [3.05, 3.63) is 89.5 Å². The molecular formula is C33H41N3O5S. The molecule has 1 saturated carbocycles. The van der Waals surface area contributed by atoms with Gasteiger partial charge in [-0.3, -0.25) is 13.9 Å². The molecule has 42 heavy (non-hydrogen) atoms. The number of methoxy groups -OCH3 is 1. The maximum absolute atomic E-state index is 14.3. The quantitative estimate of drug-likeness (QED) is 0.305. The van der Waals surface area contributed by atoms with Gasteiger partial charge in [0.05, 0.1) is 17.7 Å². The van der Waals surface area contributed by atoms with Crippen molar-refractivity contribution in [2.45, 2.75) is 76.4 Å². The van der Waals surface area contributed by atoms with Gasteiger partial charge in [0.15, 0.2) is 0 Å². The first-order chi connectivity index (χ1) is 20.1. The molecule has 1 atom stereocenters. The average molecular weight is 592 g/mol. The molecule has 3 aromatic carbocycles. The summed E-state index contributed by atoms with van der Waals surface area (Å²) in [6, 6.07) is 20.3. The van der Waals surface area contributed by atoms with Crippen LogP contribution in [0.4, 0.5) is 5.69 Å². The molecular weight excluding hydrogens is 550 g/mol. The van der Waals surface area contributed by atoms with Crippen molar-refractivity contribution in [1.82, 2.24) is 10.2 Å². The lowest BCUT2D eigenvalue weighted by molar-refractivity contribution is -0.140. The van der Waals surface area contributed by atoms with Gasteiger partial charge in [-0.15, -0.1) is 0 Å². The van der Waals surface area contributed by atoms with Gasteiger partial charge in [0.25, 0.3) is 10.0 Å². The Morgan fingerprint density at radius 2 is 1.64 bits per heavy atom. The van der Waals surface area contributed by atoms with Gasteiger partial charge in [-0.1, -0.05) is 61.7 Å². The largest absolute Gasteiger partial charge is 0.497 e. The fourth-order valence-electron chi connectivity index (χ4n) is 5.40. The van der Waals surface area contributed by atoms with Crippen LogP contribution in [-0.4, -0.2) is 50.9 Å². The summed E-state index contributed by atoms with van der Waals surface area (Å²) in [7, 11) is -2.53. The lowest BCUT2D eigenvalue weighted by Gasteiger charge is -2.34. The molecule has 1 N–H and O–H groups in total. The highest BCUT2D eigenvalue weighted by Crippen LogP contribution is 2.26. The number of sulfonamides is 1. The Balaban J connectivity index is 1.72. The van der Waals surface area contributed by atoms with E-state index in [4.69, 9.17) is 4.74 Å². The molecule has 0 aromatic heterocycles. The molecule has 224 valence electrons. The Labute approximate surface area is 249 Å². The highest BCUT2D eigenvalue weighted by atomic mass is 32.2. The molecule has 0 aliphatic heterocycles. The van der Waals surface area contributed by atoms with Gasteiger partial charge in [0.1, 0.15) is 18.3 Å². The molecule has 3 aromatic rings. The van der Waals surface area contributed by atoms with Crippen LogP contribution in [0, 0.1) is 13.8 Å². The van der Waals surface area contributed by atoms with E-state index in [1.165, 1.54) is 4.90 Å². The van der Waals surface area contributed by atoms with Gasteiger partial charge in [-0.2, -0.15) is 0 Å².